The maximum atomic E-state index is 12.8. The number of aromatic nitrogens is 2. The summed E-state index contributed by atoms with van der Waals surface area (Å²) in [6.45, 7) is 5.10. The average molecular weight is 386 g/mol. The molecule has 7 nitrogen and oxygen atoms in total. The highest BCUT2D eigenvalue weighted by Gasteiger charge is 2.26. The van der Waals surface area contributed by atoms with Crippen molar-refractivity contribution >= 4 is 29.5 Å². The van der Waals surface area contributed by atoms with E-state index < -0.39 is 5.97 Å². The summed E-state index contributed by atoms with van der Waals surface area (Å²) in [6.07, 6.45) is 2.20. The minimum atomic E-state index is -0.553. The van der Waals surface area contributed by atoms with Crippen LogP contribution >= 0.6 is 11.8 Å². The van der Waals surface area contributed by atoms with E-state index in [0.717, 1.165) is 6.42 Å². The van der Waals surface area contributed by atoms with Gasteiger partial charge in [-0.25, -0.2) is 14.8 Å². The van der Waals surface area contributed by atoms with Gasteiger partial charge in [0.25, 0.3) is 0 Å². The van der Waals surface area contributed by atoms with Gasteiger partial charge in [-0.3, -0.25) is 4.79 Å². The second-order valence-corrected chi connectivity index (χ2v) is 7.52. The molecule has 142 valence electrons. The Morgan fingerprint density at radius 2 is 2.07 bits per heavy atom. The number of benzene rings is 1. The normalized spacial score (nSPS) is 14.4. The van der Waals surface area contributed by atoms with Crippen LogP contribution in [0.5, 0.6) is 0 Å². The van der Waals surface area contributed by atoms with Crippen LogP contribution in [0.1, 0.15) is 35.3 Å². The van der Waals surface area contributed by atoms with Crippen LogP contribution in [0.2, 0.25) is 0 Å². The lowest BCUT2D eigenvalue weighted by molar-refractivity contribution is -0.131. The molecular formula is C19H22N4O3S. The van der Waals surface area contributed by atoms with Crippen molar-refractivity contribution in [1.29, 1.82) is 0 Å². The van der Waals surface area contributed by atoms with Gasteiger partial charge in [0.15, 0.2) is 5.16 Å². The molecule has 2 heterocycles. The third-order valence-corrected chi connectivity index (χ3v) is 5.33. The lowest BCUT2D eigenvalue weighted by Gasteiger charge is -2.30. The molecule has 0 saturated carbocycles. The Hall–Kier alpha value is -2.61. The van der Waals surface area contributed by atoms with E-state index in [0.29, 0.717) is 18.2 Å². The van der Waals surface area contributed by atoms with Crippen LogP contribution in [0.3, 0.4) is 0 Å². The standard InChI is InChI=1S/C19H22N4O3S/c1-3-26-18(25)15-10-21-19(22-16(15)20)27-12(2)17(24)23-9-8-13-6-4-5-7-14(13)11-23/h4-7,10,12H,3,8-9,11H2,1-2H3,(H2,20,21,22)/t12-/m1/s1. The number of anilines is 1. The Balaban J connectivity index is 1.65. The molecule has 1 aromatic carbocycles. The Morgan fingerprint density at radius 1 is 1.33 bits per heavy atom. The zero-order chi connectivity index (χ0) is 19.4. The molecule has 1 aromatic heterocycles. The molecule has 27 heavy (non-hydrogen) atoms. The SMILES string of the molecule is CCOC(=O)c1cnc(S[C@H](C)C(=O)N2CCc3ccccc3C2)nc1N. The Morgan fingerprint density at radius 3 is 2.78 bits per heavy atom. The number of nitrogen functional groups attached to an aromatic ring is 1. The van der Waals surface area contributed by atoms with Gasteiger partial charge in [-0.2, -0.15) is 0 Å². The molecule has 2 aromatic rings. The van der Waals surface area contributed by atoms with Crippen molar-refractivity contribution in [1.82, 2.24) is 14.9 Å². The van der Waals surface area contributed by atoms with E-state index in [1.807, 2.05) is 24.0 Å². The molecule has 1 amide bonds. The number of ether oxygens (including phenoxy) is 1. The van der Waals surface area contributed by atoms with Crippen LogP contribution in [-0.2, 0) is 22.5 Å². The lowest BCUT2D eigenvalue weighted by Crippen LogP contribution is -2.40. The number of hydrogen-bond acceptors (Lipinski definition) is 7. The molecule has 0 spiro atoms. The fourth-order valence-corrected chi connectivity index (χ4v) is 3.78. The number of hydrogen-bond donors (Lipinski definition) is 1. The van der Waals surface area contributed by atoms with E-state index >= 15 is 0 Å². The maximum absolute atomic E-state index is 12.8. The van der Waals surface area contributed by atoms with E-state index in [-0.39, 0.29) is 29.1 Å². The van der Waals surface area contributed by atoms with Gasteiger partial charge in [0.1, 0.15) is 11.4 Å². The Bertz CT molecular complexity index is 859. The van der Waals surface area contributed by atoms with Crippen LogP contribution in [0.15, 0.2) is 35.6 Å². The van der Waals surface area contributed by atoms with Gasteiger partial charge in [0, 0.05) is 19.3 Å². The first-order chi connectivity index (χ1) is 13.0. The number of thioether (sulfide) groups is 1. The molecule has 1 aliphatic rings. The van der Waals surface area contributed by atoms with E-state index in [1.54, 1.807) is 6.92 Å². The molecule has 0 unspecified atom stereocenters. The van der Waals surface area contributed by atoms with Crippen LogP contribution in [0, 0.1) is 0 Å². The highest BCUT2D eigenvalue weighted by Crippen LogP contribution is 2.25. The predicted octanol–water partition coefficient (Wildman–Crippen LogP) is 2.30. The molecule has 0 bridgehead atoms. The summed E-state index contributed by atoms with van der Waals surface area (Å²) in [5.74, 6) is -0.466. The molecule has 0 saturated heterocycles. The van der Waals surface area contributed by atoms with Gasteiger partial charge < -0.3 is 15.4 Å². The number of carbonyl (C=O) groups is 2. The molecule has 0 aliphatic carbocycles. The third-order valence-electron chi connectivity index (χ3n) is 4.36. The largest absolute Gasteiger partial charge is 0.462 e. The van der Waals surface area contributed by atoms with Gasteiger partial charge in [-0.05, 0) is 31.4 Å². The lowest BCUT2D eigenvalue weighted by atomic mass is 10.00. The number of rotatable bonds is 5. The summed E-state index contributed by atoms with van der Waals surface area (Å²) in [7, 11) is 0. The highest BCUT2D eigenvalue weighted by atomic mass is 32.2. The van der Waals surface area contributed by atoms with Crippen molar-refractivity contribution in [2.45, 2.75) is 37.2 Å². The van der Waals surface area contributed by atoms with Crippen molar-refractivity contribution in [2.75, 3.05) is 18.9 Å². The van der Waals surface area contributed by atoms with E-state index in [9.17, 15) is 9.59 Å². The fourth-order valence-electron chi connectivity index (χ4n) is 2.95. The number of esters is 1. The third kappa shape index (κ3) is 4.39. The van der Waals surface area contributed by atoms with Gasteiger partial charge in [0.05, 0.1) is 11.9 Å². The van der Waals surface area contributed by atoms with Gasteiger partial charge >= 0.3 is 5.97 Å². The van der Waals surface area contributed by atoms with Crippen LogP contribution in [0.25, 0.3) is 0 Å². The number of nitrogens with two attached hydrogens (primary N) is 1. The number of amides is 1. The summed E-state index contributed by atoms with van der Waals surface area (Å²) in [6, 6.07) is 8.19. The average Bonchev–Trinajstić information content (AvgIpc) is 2.67. The highest BCUT2D eigenvalue weighted by molar-refractivity contribution is 8.00. The molecule has 8 heteroatoms. The number of carbonyl (C=O) groups excluding carboxylic acids is 2. The minimum Gasteiger partial charge on any atom is -0.462 e. The summed E-state index contributed by atoms with van der Waals surface area (Å²) < 4.78 is 4.91. The minimum absolute atomic E-state index is 0.0335. The van der Waals surface area contributed by atoms with E-state index in [1.165, 1.54) is 29.1 Å². The first-order valence-corrected chi connectivity index (χ1v) is 9.69. The van der Waals surface area contributed by atoms with Gasteiger partial charge in [-0.15, -0.1) is 0 Å². The molecule has 0 radical (unpaired) electrons. The molecule has 2 N–H and O–H groups in total. The number of fused-ring (bicyclic) bond motifs is 1. The Labute approximate surface area is 162 Å². The van der Waals surface area contributed by atoms with E-state index in [4.69, 9.17) is 10.5 Å². The fraction of sp³-hybridized carbons (Fsp3) is 0.368. The Kier molecular flexibility index (Phi) is 5.95. The summed E-state index contributed by atoms with van der Waals surface area (Å²) in [5, 5.41) is 0.00177. The summed E-state index contributed by atoms with van der Waals surface area (Å²) >= 11 is 1.23. The molecular weight excluding hydrogens is 364 g/mol. The summed E-state index contributed by atoms with van der Waals surface area (Å²) in [4.78, 5) is 34.7. The quantitative estimate of drug-likeness (QED) is 0.478. The maximum Gasteiger partial charge on any atom is 0.343 e. The molecule has 3 rings (SSSR count). The molecule has 1 aliphatic heterocycles. The van der Waals surface area contributed by atoms with Gasteiger partial charge in [0.2, 0.25) is 5.91 Å². The zero-order valence-corrected chi connectivity index (χ0v) is 16.2. The second-order valence-electron chi connectivity index (χ2n) is 6.21. The first-order valence-electron chi connectivity index (χ1n) is 8.81. The van der Waals surface area contributed by atoms with Crippen LogP contribution in [0.4, 0.5) is 5.82 Å². The monoisotopic (exact) mass is 386 g/mol. The topological polar surface area (TPSA) is 98.4 Å². The summed E-state index contributed by atoms with van der Waals surface area (Å²) in [5.41, 5.74) is 8.46. The zero-order valence-electron chi connectivity index (χ0n) is 15.3. The van der Waals surface area contributed by atoms with Crippen molar-refractivity contribution in [2.24, 2.45) is 0 Å². The number of nitrogens with zero attached hydrogens (tertiary/aromatic N) is 3. The second kappa shape index (κ2) is 8.39. The van der Waals surface area contributed by atoms with Crippen molar-refractivity contribution in [3.8, 4) is 0 Å². The molecule has 0 fully saturated rings. The smallest absolute Gasteiger partial charge is 0.343 e. The predicted molar refractivity (Wildman–Crippen MR) is 103 cm³/mol. The van der Waals surface area contributed by atoms with E-state index in [2.05, 4.69) is 22.1 Å². The van der Waals surface area contributed by atoms with Crippen molar-refractivity contribution < 1.29 is 14.3 Å². The molecule has 1 atom stereocenters. The van der Waals surface area contributed by atoms with Gasteiger partial charge in [-0.1, -0.05) is 36.0 Å². The van der Waals surface area contributed by atoms with Crippen LogP contribution in [-0.4, -0.2) is 45.1 Å². The van der Waals surface area contributed by atoms with Crippen molar-refractivity contribution in [3.05, 3.63) is 47.2 Å². The van der Waals surface area contributed by atoms with Crippen molar-refractivity contribution in [3.63, 3.8) is 0 Å². The first kappa shape index (κ1) is 19.2. The van der Waals surface area contributed by atoms with Crippen LogP contribution < -0.4 is 5.73 Å².